The molecule has 1 aliphatic carbocycles. The molecule has 3 rings (SSSR count). The number of allylic oxidation sites excluding steroid dienone is 1. The van der Waals surface area contributed by atoms with E-state index in [-0.39, 0.29) is 36.3 Å². The van der Waals surface area contributed by atoms with Crippen molar-refractivity contribution in [2.75, 3.05) is 19.0 Å². The summed E-state index contributed by atoms with van der Waals surface area (Å²) >= 11 is 0. The molecule has 0 aliphatic heterocycles. The number of carbonyl (C=O) groups excluding carboxylic acids is 2. The van der Waals surface area contributed by atoms with Gasteiger partial charge in [0.15, 0.2) is 0 Å². The van der Waals surface area contributed by atoms with Gasteiger partial charge in [0.05, 0.1) is 30.6 Å². The van der Waals surface area contributed by atoms with E-state index in [1.54, 1.807) is 20.0 Å². The van der Waals surface area contributed by atoms with Crippen LogP contribution < -0.4 is 10.3 Å². The minimum Gasteiger partial charge on any atom is -0.506 e. The quantitative estimate of drug-likeness (QED) is 0.140. The summed E-state index contributed by atoms with van der Waals surface area (Å²) in [5, 5.41) is 21.5. The van der Waals surface area contributed by atoms with Gasteiger partial charge in [0.25, 0.3) is 0 Å². The monoisotopic (exact) mass is 522 g/mol. The molecule has 0 bridgehead atoms. The molecule has 0 spiro atoms. The van der Waals surface area contributed by atoms with Crippen LogP contribution in [0.15, 0.2) is 66.7 Å². The molecule has 1 amide bonds. The number of anilines is 1. The number of aromatic nitrogens is 1. The van der Waals surface area contributed by atoms with Crippen LogP contribution in [0.4, 0.5) is 5.69 Å². The van der Waals surface area contributed by atoms with Crippen LogP contribution in [-0.2, 0) is 20.9 Å². The number of hydrazine groups is 1. The zero-order chi connectivity index (χ0) is 27.7. The van der Waals surface area contributed by atoms with Crippen molar-refractivity contribution in [3.8, 4) is 11.3 Å². The minimum atomic E-state index is -0.573. The van der Waals surface area contributed by atoms with Crippen molar-refractivity contribution < 1.29 is 24.5 Å². The lowest BCUT2D eigenvalue weighted by Crippen LogP contribution is -2.44. The van der Waals surface area contributed by atoms with E-state index in [0.29, 0.717) is 25.7 Å². The molecule has 2 aromatic rings. The molecule has 1 saturated carbocycles. The molecule has 9 heteroatoms. The number of pyridine rings is 1. The van der Waals surface area contributed by atoms with Crippen LogP contribution in [-0.4, -0.2) is 58.4 Å². The summed E-state index contributed by atoms with van der Waals surface area (Å²) in [6.07, 6.45) is 7.01. The molecule has 1 aromatic heterocycles. The number of hydrogen-bond acceptors (Lipinski definition) is 8. The molecule has 1 heterocycles. The van der Waals surface area contributed by atoms with E-state index in [2.05, 4.69) is 10.4 Å². The average molecular weight is 523 g/mol. The maximum atomic E-state index is 13.3. The Labute approximate surface area is 224 Å². The van der Waals surface area contributed by atoms with E-state index in [9.17, 15) is 19.8 Å². The average Bonchev–Trinajstić information content (AvgIpc) is 2.90. The van der Waals surface area contributed by atoms with Crippen LogP contribution >= 0.6 is 0 Å². The number of hydrogen-bond donors (Lipinski definition) is 3. The molecule has 38 heavy (non-hydrogen) atoms. The van der Waals surface area contributed by atoms with Crippen molar-refractivity contribution in [3.05, 3.63) is 72.3 Å². The number of nitrogens with zero attached hydrogens (tertiary/aromatic N) is 3. The number of rotatable bonds is 10. The van der Waals surface area contributed by atoms with Crippen molar-refractivity contribution in [1.29, 1.82) is 0 Å². The maximum absolute atomic E-state index is 13.3. The fraction of sp³-hybridized carbons (Fsp3) is 0.414. The molecule has 204 valence electrons. The lowest BCUT2D eigenvalue weighted by Gasteiger charge is -2.30. The number of nitrogens with one attached hydrogen (secondary N) is 1. The first kappa shape index (κ1) is 28.7. The van der Waals surface area contributed by atoms with Gasteiger partial charge in [0.1, 0.15) is 5.76 Å². The molecular weight excluding hydrogens is 484 g/mol. The highest BCUT2D eigenvalue weighted by atomic mass is 16.5. The van der Waals surface area contributed by atoms with E-state index in [1.807, 2.05) is 55.4 Å². The van der Waals surface area contributed by atoms with E-state index < -0.39 is 5.97 Å². The Balaban J connectivity index is 1.73. The summed E-state index contributed by atoms with van der Waals surface area (Å²) in [6.45, 7) is 3.69. The predicted octanol–water partition coefficient (Wildman–Crippen LogP) is 4.11. The van der Waals surface area contributed by atoms with Gasteiger partial charge >= 0.3 is 5.97 Å². The van der Waals surface area contributed by atoms with Gasteiger partial charge in [-0.15, -0.1) is 0 Å². The molecule has 1 aromatic carbocycles. The first-order chi connectivity index (χ1) is 18.1. The summed E-state index contributed by atoms with van der Waals surface area (Å²) in [7, 11) is 3.98. The number of benzene rings is 1. The molecule has 0 unspecified atom stereocenters. The lowest BCUT2D eigenvalue weighted by atomic mass is 9.87. The highest BCUT2D eigenvalue weighted by Gasteiger charge is 2.29. The van der Waals surface area contributed by atoms with Gasteiger partial charge < -0.3 is 19.8 Å². The first-order valence-corrected chi connectivity index (χ1v) is 12.9. The Bertz CT molecular complexity index is 1120. The van der Waals surface area contributed by atoms with E-state index >= 15 is 0 Å². The third kappa shape index (κ3) is 8.62. The largest absolute Gasteiger partial charge is 0.506 e. The number of esters is 1. The van der Waals surface area contributed by atoms with Crippen LogP contribution in [0.25, 0.3) is 11.3 Å². The van der Waals surface area contributed by atoms with Gasteiger partial charge in [0, 0.05) is 43.5 Å². The van der Waals surface area contributed by atoms with Crippen LogP contribution in [0.1, 0.15) is 45.1 Å². The third-order valence-corrected chi connectivity index (χ3v) is 6.27. The zero-order valence-corrected chi connectivity index (χ0v) is 22.5. The van der Waals surface area contributed by atoms with Crippen molar-refractivity contribution in [3.63, 3.8) is 0 Å². The second-order valence-corrected chi connectivity index (χ2v) is 9.94. The summed E-state index contributed by atoms with van der Waals surface area (Å²) in [5.41, 5.74) is 6.59. The summed E-state index contributed by atoms with van der Waals surface area (Å²) in [6, 6.07) is 11.9. The smallest absolute Gasteiger partial charge is 0.331 e. The number of aliphatic hydroxyl groups excluding tert-OH is 2. The van der Waals surface area contributed by atoms with E-state index in [0.717, 1.165) is 28.6 Å². The number of amides is 1. The molecule has 1 aliphatic rings. The third-order valence-electron chi connectivity index (χ3n) is 6.27. The fourth-order valence-corrected chi connectivity index (χ4v) is 4.15. The number of ether oxygens (including phenoxy) is 1. The Morgan fingerprint density at radius 1 is 1.08 bits per heavy atom. The second kappa shape index (κ2) is 13.6. The highest BCUT2D eigenvalue weighted by Crippen LogP contribution is 2.26. The zero-order valence-electron chi connectivity index (χ0n) is 22.5. The van der Waals surface area contributed by atoms with E-state index in [1.165, 1.54) is 17.3 Å². The van der Waals surface area contributed by atoms with Crippen LogP contribution in [0.2, 0.25) is 0 Å². The molecule has 1 fully saturated rings. The van der Waals surface area contributed by atoms with Crippen molar-refractivity contribution in [1.82, 2.24) is 15.4 Å². The standard InChI is InChI=1S/C29H38N4O5/c1-20(2)38-28(36)16-14-26(35)18-31-33(29(37)23-8-12-25(34)13-9-23)19-21-5-15-27(30-17-21)22-6-10-24(11-7-22)32(3)4/h5-7,10-11,14-18,20,23,25,31,34-35H,8-9,12-13,19H2,1-4H3/b16-14+,26-18-. The topological polar surface area (TPSA) is 115 Å². The Kier molecular flexibility index (Phi) is 10.3. The van der Waals surface area contributed by atoms with Crippen molar-refractivity contribution in [2.24, 2.45) is 5.92 Å². The molecule has 0 radical (unpaired) electrons. The van der Waals surface area contributed by atoms with Gasteiger partial charge in [-0.05, 0) is 69.4 Å². The Morgan fingerprint density at radius 3 is 2.34 bits per heavy atom. The van der Waals surface area contributed by atoms with Crippen molar-refractivity contribution in [2.45, 2.75) is 58.3 Å². The van der Waals surface area contributed by atoms with Gasteiger partial charge in [0.2, 0.25) is 5.91 Å². The summed E-state index contributed by atoms with van der Waals surface area (Å²) < 4.78 is 5.01. The summed E-state index contributed by atoms with van der Waals surface area (Å²) in [5.74, 6) is -1.18. The SMILES string of the molecule is CC(C)OC(=O)/C=C/C(O)=C/NN(Cc1ccc(-c2ccc(N(C)C)cc2)nc1)C(=O)C1CCC(O)CC1. The Morgan fingerprint density at radius 2 is 1.76 bits per heavy atom. The summed E-state index contributed by atoms with van der Waals surface area (Å²) in [4.78, 5) is 31.7. The van der Waals surface area contributed by atoms with E-state index in [4.69, 9.17) is 4.74 Å². The maximum Gasteiger partial charge on any atom is 0.331 e. The second-order valence-electron chi connectivity index (χ2n) is 9.94. The molecule has 3 N–H and O–H groups in total. The molecular formula is C29H38N4O5. The predicted molar refractivity (Wildman–Crippen MR) is 147 cm³/mol. The van der Waals surface area contributed by atoms with Gasteiger partial charge in [-0.1, -0.05) is 18.2 Å². The van der Waals surface area contributed by atoms with Crippen LogP contribution in [0.5, 0.6) is 0 Å². The fourth-order valence-electron chi connectivity index (χ4n) is 4.15. The highest BCUT2D eigenvalue weighted by molar-refractivity contribution is 5.82. The Hall–Kier alpha value is -3.85. The number of aliphatic hydroxyl groups is 2. The van der Waals surface area contributed by atoms with Gasteiger partial charge in [-0.25, -0.2) is 4.79 Å². The minimum absolute atomic E-state index is 0.132. The van der Waals surface area contributed by atoms with Gasteiger partial charge in [-0.2, -0.15) is 0 Å². The van der Waals surface area contributed by atoms with Gasteiger partial charge in [-0.3, -0.25) is 20.2 Å². The van der Waals surface area contributed by atoms with Crippen LogP contribution in [0.3, 0.4) is 0 Å². The molecule has 9 nitrogen and oxygen atoms in total. The molecule has 0 saturated heterocycles. The lowest BCUT2D eigenvalue weighted by molar-refractivity contribution is -0.141. The first-order valence-electron chi connectivity index (χ1n) is 12.9. The molecule has 0 atom stereocenters. The normalized spacial score (nSPS) is 17.9. The van der Waals surface area contributed by atoms with Crippen molar-refractivity contribution >= 4 is 17.6 Å². The number of carbonyl (C=O) groups is 2. The van der Waals surface area contributed by atoms with Crippen LogP contribution in [0, 0.1) is 5.92 Å².